The van der Waals surface area contributed by atoms with E-state index in [1.165, 1.54) is 0 Å². The van der Waals surface area contributed by atoms with Crippen molar-refractivity contribution in [2.45, 2.75) is 25.1 Å². The van der Waals surface area contributed by atoms with Crippen LogP contribution >= 0.6 is 23.4 Å². The van der Waals surface area contributed by atoms with Gasteiger partial charge in [-0.05, 0) is 30.3 Å². The van der Waals surface area contributed by atoms with Gasteiger partial charge in [0.15, 0.2) is 0 Å². The molecule has 5 heteroatoms. The summed E-state index contributed by atoms with van der Waals surface area (Å²) in [6.07, 6.45) is 0.748. The lowest BCUT2D eigenvalue weighted by Gasteiger charge is -2.13. The second kappa shape index (κ2) is 8.40. The van der Waals surface area contributed by atoms with Gasteiger partial charge in [0, 0.05) is 10.8 Å². The summed E-state index contributed by atoms with van der Waals surface area (Å²) < 4.78 is 0. The van der Waals surface area contributed by atoms with Gasteiger partial charge in [-0.1, -0.05) is 36.7 Å². The highest BCUT2D eigenvalue weighted by Crippen LogP contribution is 2.21. The van der Waals surface area contributed by atoms with Crippen molar-refractivity contribution < 1.29 is 4.79 Å². The Bertz CT molecular complexity index is 387. The second-order valence-electron chi connectivity index (χ2n) is 3.95. The van der Waals surface area contributed by atoms with E-state index >= 15 is 0 Å². The molecule has 0 aliphatic carbocycles. The Hall–Kier alpha value is -0.710. The summed E-state index contributed by atoms with van der Waals surface area (Å²) in [5, 5.41) is 3.87. The normalized spacial score (nSPS) is 12.3. The minimum atomic E-state index is -0.282. The molecule has 0 aliphatic rings. The number of hydrogen-bond acceptors (Lipinski definition) is 3. The summed E-state index contributed by atoms with van der Waals surface area (Å²) in [4.78, 5) is 11.1. The van der Waals surface area contributed by atoms with E-state index in [4.69, 9.17) is 17.3 Å². The smallest absolute Gasteiger partial charge is 0.234 e. The molecule has 0 saturated carbocycles. The van der Waals surface area contributed by atoms with Crippen LogP contribution in [0.3, 0.4) is 0 Å². The molecule has 3 N–H and O–H groups in total. The molecular formula is C13H19ClN2OS. The molecule has 0 spiro atoms. The van der Waals surface area contributed by atoms with Crippen molar-refractivity contribution in [1.82, 2.24) is 5.32 Å². The predicted octanol–water partition coefficient (Wildman–Crippen LogP) is 2.43. The average molecular weight is 287 g/mol. The van der Waals surface area contributed by atoms with Crippen LogP contribution in [0.25, 0.3) is 0 Å². The Balaban J connectivity index is 2.30. The molecule has 1 rings (SSSR count). The maximum absolute atomic E-state index is 11.1. The summed E-state index contributed by atoms with van der Waals surface area (Å²) in [5.41, 5.74) is 6.44. The zero-order valence-electron chi connectivity index (χ0n) is 10.5. The van der Waals surface area contributed by atoms with Crippen LogP contribution in [-0.2, 0) is 10.5 Å². The molecule has 0 aliphatic heterocycles. The number of likely N-dealkylation sites (N-methyl/N-ethyl adjacent to an activating group) is 1. The molecule has 1 aromatic rings. The van der Waals surface area contributed by atoms with E-state index in [2.05, 4.69) is 5.32 Å². The molecule has 1 unspecified atom stereocenters. The third kappa shape index (κ3) is 5.29. The van der Waals surface area contributed by atoms with Gasteiger partial charge in [0.1, 0.15) is 0 Å². The molecule has 0 fully saturated rings. The van der Waals surface area contributed by atoms with Crippen molar-refractivity contribution in [2.24, 2.45) is 5.73 Å². The third-order valence-electron chi connectivity index (χ3n) is 2.56. The summed E-state index contributed by atoms with van der Waals surface area (Å²) in [5.74, 6) is 1.46. The number of nitrogens with two attached hydrogens (primary N) is 1. The van der Waals surface area contributed by atoms with Gasteiger partial charge in [-0.3, -0.25) is 4.79 Å². The van der Waals surface area contributed by atoms with Crippen molar-refractivity contribution in [2.75, 3.05) is 12.3 Å². The van der Waals surface area contributed by atoms with Gasteiger partial charge in [-0.25, -0.2) is 0 Å². The van der Waals surface area contributed by atoms with Gasteiger partial charge < -0.3 is 11.1 Å². The first-order valence-electron chi connectivity index (χ1n) is 5.99. The minimum Gasteiger partial charge on any atom is -0.368 e. The van der Waals surface area contributed by atoms with Gasteiger partial charge in [-0.15, -0.1) is 0 Å². The Morgan fingerprint density at radius 3 is 2.83 bits per heavy atom. The van der Waals surface area contributed by atoms with Crippen LogP contribution in [0.5, 0.6) is 0 Å². The standard InChI is InChI=1S/C13H19ClN2OS/c1-2-16-12(13(15)17)7-8-18-9-10-5-3-4-6-11(10)14/h3-6,12,16H,2,7-9H2,1H3,(H2,15,17). The van der Waals surface area contributed by atoms with Crippen LogP contribution in [0.1, 0.15) is 18.9 Å². The van der Waals surface area contributed by atoms with Gasteiger partial charge >= 0.3 is 0 Å². The van der Waals surface area contributed by atoms with E-state index in [1.807, 2.05) is 31.2 Å². The summed E-state index contributed by atoms with van der Waals surface area (Å²) in [7, 11) is 0. The molecule has 100 valence electrons. The van der Waals surface area contributed by atoms with Crippen LogP contribution in [0.2, 0.25) is 5.02 Å². The Morgan fingerprint density at radius 2 is 2.22 bits per heavy atom. The Kier molecular flexibility index (Phi) is 7.16. The number of carbonyl (C=O) groups excluding carboxylic acids is 1. The number of carbonyl (C=O) groups is 1. The zero-order valence-corrected chi connectivity index (χ0v) is 12.1. The fourth-order valence-corrected chi connectivity index (χ4v) is 2.89. The first kappa shape index (κ1) is 15.3. The topological polar surface area (TPSA) is 55.1 Å². The monoisotopic (exact) mass is 286 g/mol. The van der Waals surface area contributed by atoms with E-state index in [0.29, 0.717) is 0 Å². The number of benzene rings is 1. The number of primary amides is 1. The van der Waals surface area contributed by atoms with Crippen molar-refractivity contribution in [3.05, 3.63) is 34.9 Å². The van der Waals surface area contributed by atoms with Crippen molar-refractivity contribution in [1.29, 1.82) is 0 Å². The quantitative estimate of drug-likeness (QED) is 0.722. The van der Waals surface area contributed by atoms with Crippen LogP contribution in [-0.4, -0.2) is 24.2 Å². The van der Waals surface area contributed by atoms with Gasteiger partial charge in [0.05, 0.1) is 6.04 Å². The molecule has 0 radical (unpaired) electrons. The Labute approximate surface area is 117 Å². The fourth-order valence-electron chi connectivity index (χ4n) is 1.59. The molecule has 18 heavy (non-hydrogen) atoms. The van der Waals surface area contributed by atoms with Crippen LogP contribution in [0, 0.1) is 0 Å². The lowest BCUT2D eigenvalue weighted by Crippen LogP contribution is -2.41. The molecule has 1 amide bonds. The number of hydrogen-bond donors (Lipinski definition) is 2. The van der Waals surface area contributed by atoms with Gasteiger partial charge in [-0.2, -0.15) is 11.8 Å². The predicted molar refractivity (Wildman–Crippen MR) is 78.9 cm³/mol. The summed E-state index contributed by atoms with van der Waals surface area (Å²) in [6.45, 7) is 2.72. The number of rotatable bonds is 8. The number of thioether (sulfide) groups is 1. The number of halogens is 1. The van der Waals surface area contributed by atoms with Crippen molar-refractivity contribution in [3.63, 3.8) is 0 Å². The molecule has 0 bridgehead atoms. The highest BCUT2D eigenvalue weighted by Gasteiger charge is 2.12. The largest absolute Gasteiger partial charge is 0.368 e. The maximum atomic E-state index is 11.1. The maximum Gasteiger partial charge on any atom is 0.234 e. The molecule has 0 heterocycles. The van der Waals surface area contributed by atoms with Crippen LogP contribution in [0.4, 0.5) is 0 Å². The first-order valence-corrected chi connectivity index (χ1v) is 7.52. The first-order chi connectivity index (χ1) is 8.65. The van der Waals surface area contributed by atoms with Crippen LogP contribution < -0.4 is 11.1 Å². The highest BCUT2D eigenvalue weighted by molar-refractivity contribution is 7.98. The lowest BCUT2D eigenvalue weighted by molar-refractivity contribution is -0.120. The number of nitrogens with one attached hydrogen (secondary N) is 1. The lowest BCUT2D eigenvalue weighted by atomic mass is 10.2. The van der Waals surface area contributed by atoms with Crippen molar-refractivity contribution >= 4 is 29.3 Å². The third-order valence-corrected chi connectivity index (χ3v) is 3.97. The van der Waals surface area contributed by atoms with Crippen LogP contribution in [0.15, 0.2) is 24.3 Å². The summed E-state index contributed by atoms with van der Waals surface area (Å²) >= 11 is 7.83. The van der Waals surface area contributed by atoms with Gasteiger partial charge in [0.25, 0.3) is 0 Å². The highest BCUT2D eigenvalue weighted by atomic mass is 35.5. The van der Waals surface area contributed by atoms with E-state index in [-0.39, 0.29) is 11.9 Å². The van der Waals surface area contributed by atoms with E-state index in [9.17, 15) is 4.79 Å². The zero-order chi connectivity index (χ0) is 13.4. The molecule has 0 saturated heterocycles. The van der Waals surface area contributed by atoms with Crippen molar-refractivity contribution in [3.8, 4) is 0 Å². The fraction of sp³-hybridized carbons (Fsp3) is 0.462. The Morgan fingerprint density at radius 1 is 1.50 bits per heavy atom. The molecule has 3 nitrogen and oxygen atoms in total. The van der Waals surface area contributed by atoms with Gasteiger partial charge in [0.2, 0.25) is 5.91 Å². The number of amides is 1. The molecular weight excluding hydrogens is 268 g/mol. The minimum absolute atomic E-state index is 0.228. The average Bonchev–Trinajstić information content (AvgIpc) is 2.35. The molecule has 1 atom stereocenters. The van der Waals surface area contributed by atoms with E-state index < -0.39 is 0 Å². The molecule has 0 aromatic heterocycles. The molecule has 1 aromatic carbocycles. The van der Waals surface area contributed by atoms with E-state index in [1.54, 1.807) is 11.8 Å². The summed E-state index contributed by atoms with van der Waals surface area (Å²) in [6, 6.07) is 7.58. The second-order valence-corrected chi connectivity index (χ2v) is 5.46. The SMILES string of the molecule is CCNC(CCSCc1ccccc1Cl)C(N)=O. The van der Waals surface area contributed by atoms with E-state index in [0.717, 1.165) is 35.1 Å².